The molecule has 0 saturated heterocycles. The number of aromatic nitrogens is 1. The van der Waals surface area contributed by atoms with E-state index in [1.165, 1.54) is 28.1 Å². The first-order valence-corrected chi connectivity index (χ1v) is 15.2. The molecule has 3 aromatic rings. The van der Waals surface area contributed by atoms with Crippen LogP contribution in [0.1, 0.15) is 32.3 Å². The molecule has 0 spiro atoms. The van der Waals surface area contributed by atoms with Crippen LogP contribution in [0.2, 0.25) is 0 Å². The van der Waals surface area contributed by atoms with Crippen LogP contribution in [-0.2, 0) is 14.6 Å². The fourth-order valence-electron chi connectivity index (χ4n) is 3.62. The molecule has 0 atom stereocenters. The van der Waals surface area contributed by atoms with Crippen LogP contribution in [0.3, 0.4) is 0 Å². The van der Waals surface area contributed by atoms with Gasteiger partial charge in [-0.2, -0.15) is 0 Å². The molecule has 0 saturated carbocycles. The van der Waals surface area contributed by atoms with Crippen molar-refractivity contribution in [3.05, 3.63) is 48.0 Å². The van der Waals surface area contributed by atoms with E-state index in [1.807, 2.05) is 6.07 Å². The molecule has 0 bridgehead atoms. The van der Waals surface area contributed by atoms with Crippen LogP contribution in [0.4, 0.5) is 5.13 Å². The van der Waals surface area contributed by atoms with Crippen LogP contribution in [0, 0.1) is 6.92 Å². The van der Waals surface area contributed by atoms with Gasteiger partial charge in [-0.3, -0.25) is 9.69 Å². The molecular formula is C25H33N3O3S3. The summed E-state index contributed by atoms with van der Waals surface area (Å²) in [4.78, 5) is 23.3. The van der Waals surface area contributed by atoms with Gasteiger partial charge in [-0.15, -0.1) is 11.8 Å². The number of para-hydroxylation sites is 1. The molecule has 6 nitrogen and oxygen atoms in total. The van der Waals surface area contributed by atoms with Gasteiger partial charge in [-0.1, -0.05) is 48.9 Å². The van der Waals surface area contributed by atoms with E-state index in [-0.39, 0.29) is 10.8 Å². The maximum Gasteiger partial charge on any atom is 0.228 e. The zero-order chi connectivity index (χ0) is 24.7. The van der Waals surface area contributed by atoms with Crippen LogP contribution >= 0.6 is 23.1 Å². The zero-order valence-corrected chi connectivity index (χ0v) is 22.7. The minimum Gasteiger partial charge on any atom is -0.302 e. The first-order valence-electron chi connectivity index (χ1n) is 11.5. The van der Waals surface area contributed by atoms with Crippen LogP contribution < -0.4 is 4.90 Å². The van der Waals surface area contributed by atoms with Gasteiger partial charge in [0.2, 0.25) is 5.91 Å². The average molecular weight is 520 g/mol. The Morgan fingerprint density at radius 2 is 1.76 bits per heavy atom. The van der Waals surface area contributed by atoms with Crippen LogP contribution in [0.25, 0.3) is 10.2 Å². The monoisotopic (exact) mass is 519 g/mol. The molecule has 0 aliphatic carbocycles. The summed E-state index contributed by atoms with van der Waals surface area (Å²) in [5.74, 6) is 0.883. The third-order valence-electron chi connectivity index (χ3n) is 5.66. The van der Waals surface area contributed by atoms with Crippen molar-refractivity contribution in [3.8, 4) is 0 Å². The molecule has 0 fully saturated rings. The minimum absolute atomic E-state index is 0.0247. The molecule has 0 aliphatic rings. The second kappa shape index (κ2) is 12.2. The average Bonchev–Trinajstić information content (AvgIpc) is 3.23. The Hall–Kier alpha value is -1.94. The summed E-state index contributed by atoms with van der Waals surface area (Å²) >= 11 is 3.13. The highest BCUT2D eigenvalue weighted by atomic mass is 32.2. The molecule has 2 aromatic carbocycles. The van der Waals surface area contributed by atoms with Crippen LogP contribution in [0.15, 0.2) is 52.3 Å². The van der Waals surface area contributed by atoms with E-state index in [1.54, 1.807) is 28.8 Å². The van der Waals surface area contributed by atoms with Crippen LogP contribution in [0.5, 0.6) is 0 Å². The van der Waals surface area contributed by atoms with Gasteiger partial charge in [0, 0.05) is 30.7 Å². The fraction of sp³-hybridized carbons (Fsp3) is 0.440. The Labute approximate surface area is 211 Å². The Balaban J connectivity index is 1.76. The van der Waals surface area contributed by atoms with Gasteiger partial charge in [0.05, 0.1) is 9.60 Å². The zero-order valence-electron chi connectivity index (χ0n) is 20.3. The van der Waals surface area contributed by atoms with Crippen molar-refractivity contribution in [1.29, 1.82) is 0 Å². The Morgan fingerprint density at radius 3 is 2.41 bits per heavy atom. The molecule has 1 aromatic heterocycles. The number of fused-ring (bicyclic) bond motifs is 1. The van der Waals surface area contributed by atoms with Gasteiger partial charge in [0.15, 0.2) is 15.0 Å². The second-order valence-corrected chi connectivity index (χ2v) is 12.4. The van der Waals surface area contributed by atoms with Gasteiger partial charge in [-0.05, 0) is 56.5 Å². The van der Waals surface area contributed by atoms with E-state index in [2.05, 4.69) is 54.9 Å². The number of rotatable bonds is 12. The normalized spacial score (nSPS) is 11.9. The molecule has 0 N–H and O–H groups in total. The van der Waals surface area contributed by atoms with E-state index < -0.39 is 9.84 Å². The smallest absolute Gasteiger partial charge is 0.228 e. The summed E-state index contributed by atoms with van der Waals surface area (Å²) in [5.41, 5.74) is 1.68. The first kappa shape index (κ1) is 26.7. The summed E-state index contributed by atoms with van der Waals surface area (Å²) in [6, 6.07) is 13.6. The quantitative estimate of drug-likeness (QED) is 0.240. The number of amides is 1. The number of carbonyl (C=O) groups excluding carboxylic acids is 1. The van der Waals surface area contributed by atoms with Crippen molar-refractivity contribution >= 4 is 54.2 Å². The van der Waals surface area contributed by atoms with E-state index in [9.17, 15) is 13.2 Å². The summed E-state index contributed by atoms with van der Waals surface area (Å²) < 4.78 is 25.2. The lowest BCUT2D eigenvalue weighted by atomic mass is 10.2. The standard InChI is InChI=1S/C25H33N3O3S3/c1-5-27(6-2)16-17-28(23(29)11-8-18-32-20-14-12-19(3)13-15-20)25-26-24-21(33-25)9-7-10-22(24)34(4,30)31/h7,9-10,12-15H,5-6,8,11,16-18H2,1-4H3. The third kappa shape index (κ3) is 7.04. The van der Waals surface area contributed by atoms with Crippen molar-refractivity contribution in [2.75, 3.05) is 43.1 Å². The molecule has 1 amide bonds. The molecule has 0 radical (unpaired) electrons. The molecule has 1 heterocycles. The number of carbonyl (C=O) groups is 1. The number of sulfone groups is 1. The molecule has 0 unspecified atom stereocenters. The van der Waals surface area contributed by atoms with Crippen molar-refractivity contribution in [2.24, 2.45) is 0 Å². The highest BCUT2D eigenvalue weighted by molar-refractivity contribution is 7.99. The molecule has 184 valence electrons. The minimum atomic E-state index is -3.41. The van der Waals surface area contributed by atoms with Gasteiger partial charge in [0.1, 0.15) is 5.52 Å². The lowest BCUT2D eigenvalue weighted by molar-refractivity contribution is -0.118. The highest BCUT2D eigenvalue weighted by Gasteiger charge is 2.22. The largest absolute Gasteiger partial charge is 0.302 e. The van der Waals surface area contributed by atoms with Gasteiger partial charge in [0.25, 0.3) is 0 Å². The predicted molar refractivity (Wildman–Crippen MR) is 144 cm³/mol. The third-order valence-corrected chi connectivity index (χ3v) is 8.93. The van der Waals surface area contributed by atoms with Crippen molar-refractivity contribution in [1.82, 2.24) is 9.88 Å². The fourth-order valence-corrected chi connectivity index (χ4v) is 6.40. The van der Waals surface area contributed by atoms with Crippen molar-refractivity contribution in [2.45, 2.75) is 43.4 Å². The number of likely N-dealkylation sites (N-methyl/N-ethyl adjacent to an activating group) is 1. The number of aryl methyl sites for hydroxylation is 1. The number of anilines is 1. The number of hydrogen-bond donors (Lipinski definition) is 0. The van der Waals surface area contributed by atoms with E-state index in [4.69, 9.17) is 0 Å². The topological polar surface area (TPSA) is 70.6 Å². The maximum atomic E-state index is 13.3. The number of thiazole rings is 1. The lowest BCUT2D eigenvalue weighted by Gasteiger charge is -2.24. The van der Waals surface area contributed by atoms with E-state index in [0.717, 1.165) is 36.5 Å². The SMILES string of the molecule is CCN(CC)CCN(C(=O)CCCSc1ccc(C)cc1)c1nc2c(S(C)(=O)=O)cccc2s1. The summed E-state index contributed by atoms with van der Waals surface area (Å²) in [6.45, 7) is 9.36. The molecule has 34 heavy (non-hydrogen) atoms. The molecular weight excluding hydrogens is 486 g/mol. The van der Waals surface area contributed by atoms with Gasteiger partial charge < -0.3 is 4.90 Å². The molecule has 9 heteroatoms. The first-order chi connectivity index (χ1) is 16.2. The summed E-state index contributed by atoms with van der Waals surface area (Å²) in [5, 5.41) is 0.564. The molecule has 3 rings (SSSR count). The van der Waals surface area contributed by atoms with Gasteiger partial charge >= 0.3 is 0 Å². The lowest BCUT2D eigenvalue weighted by Crippen LogP contribution is -2.38. The van der Waals surface area contributed by atoms with E-state index in [0.29, 0.717) is 23.6 Å². The van der Waals surface area contributed by atoms with Crippen molar-refractivity contribution < 1.29 is 13.2 Å². The maximum absolute atomic E-state index is 13.3. The van der Waals surface area contributed by atoms with Crippen LogP contribution in [-0.4, -0.2) is 62.4 Å². The summed E-state index contributed by atoms with van der Waals surface area (Å²) in [6.07, 6.45) is 2.38. The number of hydrogen-bond acceptors (Lipinski definition) is 7. The Bertz CT molecular complexity index is 1200. The Kier molecular flexibility index (Phi) is 9.53. The van der Waals surface area contributed by atoms with E-state index >= 15 is 0 Å². The predicted octanol–water partition coefficient (Wildman–Crippen LogP) is 5.26. The number of thioether (sulfide) groups is 1. The second-order valence-electron chi connectivity index (χ2n) is 8.21. The molecule has 0 aliphatic heterocycles. The van der Waals surface area contributed by atoms with Gasteiger partial charge in [-0.25, -0.2) is 13.4 Å². The van der Waals surface area contributed by atoms with Crippen molar-refractivity contribution in [3.63, 3.8) is 0 Å². The number of benzene rings is 2. The highest BCUT2D eigenvalue weighted by Crippen LogP contribution is 2.33. The Morgan fingerprint density at radius 1 is 1.06 bits per heavy atom. The number of nitrogens with zero attached hydrogens (tertiary/aromatic N) is 3. The summed E-state index contributed by atoms with van der Waals surface area (Å²) in [7, 11) is -3.41.